The highest BCUT2D eigenvalue weighted by molar-refractivity contribution is 5.34. The van der Waals surface area contributed by atoms with E-state index in [-0.39, 0.29) is 11.6 Å². The summed E-state index contributed by atoms with van der Waals surface area (Å²) in [6.45, 7) is 6.36. The van der Waals surface area contributed by atoms with E-state index in [1.165, 1.54) is 18.4 Å². The molecule has 18 heavy (non-hydrogen) atoms. The van der Waals surface area contributed by atoms with Crippen molar-refractivity contribution < 1.29 is 4.74 Å². The molecule has 0 bridgehead atoms. The second kappa shape index (κ2) is 5.31. The van der Waals surface area contributed by atoms with E-state index in [2.05, 4.69) is 25.1 Å². The Bertz CT molecular complexity index is 402. The zero-order valence-electron chi connectivity index (χ0n) is 11.8. The molecule has 2 atom stereocenters. The van der Waals surface area contributed by atoms with Gasteiger partial charge in [0.05, 0.1) is 6.10 Å². The lowest BCUT2D eigenvalue weighted by Gasteiger charge is -2.25. The number of rotatable bonds is 4. The summed E-state index contributed by atoms with van der Waals surface area (Å²) in [7, 11) is 0. The molecule has 1 aromatic carbocycles. The van der Waals surface area contributed by atoms with Crippen LogP contribution in [0.2, 0.25) is 0 Å². The molecule has 1 aliphatic carbocycles. The van der Waals surface area contributed by atoms with Crippen LogP contribution in [0.4, 0.5) is 0 Å². The van der Waals surface area contributed by atoms with Crippen LogP contribution in [-0.4, -0.2) is 6.10 Å². The van der Waals surface area contributed by atoms with Gasteiger partial charge in [0.25, 0.3) is 0 Å². The fourth-order valence-corrected chi connectivity index (χ4v) is 2.94. The van der Waals surface area contributed by atoms with Crippen molar-refractivity contribution in [2.45, 2.75) is 58.1 Å². The van der Waals surface area contributed by atoms with Gasteiger partial charge < -0.3 is 10.5 Å². The molecule has 1 saturated carbocycles. The van der Waals surface area contributed by atoms with E-state index >= 15 is 0 Å². The predicted molar refractivity (Wildman–Crippen MR) is 75.7 cm³/mol. The first-order valence-electron chi connectivity index (χ1n) is 7.09. The van der Waals surface area contributed by atoms with Crippen molar-refractivity contribution >= 4 is 0 Å². The highest BCUT2D eigenvalue weighted by Crippen LogP contribution is 2.42. The molecule has 100 valence electrons. The van der Waals surface area contributed by atoms with E-state index in [4.69, 9.17) is 10.5 Å². The molecular formula is C16H25NO. The van der Waals surface area contributed by atoms with E-state index in [0.29, 0.717) is 0 Å². The van der Waals surface area contributed by atoms with Gasteiger partial charge in [-0.15, -0.1) is 0 Å². The molecule has 2 rings (SSSR count). The lowest BCUT2D eigenvalue weighted by Crippen LogP contribution is -2.33. The van der Waals surface area contributed by atoms with Crippen molar-refractivity contribution in [2.75, 3.05) is 0 Å². The third kappa shape index (κ3) is 2.86. The maximum absolute atomic E-state index is 6.59. The second-order valence-electron chi connectivity index (χ2n) is 5.87. The number of benzene rings is 1. The van der Waals surface area contributed by atoms with Gasteiger partial charge in [0.1, 0.15) is 5.75 Å². The number of hydrogen-bond donors (Lipinski definition) is 1. The summed E-state index contributed by atoms with van der Waals surface area (Å²) in [6, 6.07) is 8.34. The van der Waals surface area contributed by atoms with E-state index in [1.54, 1.807) is 0 Å². The van der Waals surface area contributed by atoms with Crippen LogP contribution in [0.5, 0.6) is 5.75 Å². The Hall–Kier alpha value is -1.02. The summed E-state index contributed by atoms with van der Waals surface area (Å²) in [5.74, 6) is 1.72. The topological polar surface area (TPSA) is 35.2 Å². The quantitative estimate of drug-likeness (QED) is 0.877. The Morgan fingerprint density at radius 1 is 1.44 bits per heavy atom. The highest BCUT2D eigenvalue weighted by Gasteiger charge is 2.36. The summed E-state index contributed by atoms with van der Waals surface area (Å²) in [4.78, 5) is 0. The molecule has 1 fully saturated rings. The van der Waals surface area contributed by atoms with Gasteiger partial charge in [-0.1, -0.05) is 25.5 Å². The highest BCUT2D eigenvalue weighted by atomic mass is 16.5. The predicted octanol–water partition coefficient (Wildman–Crippen LogP) is 3.84. The normalized spacial score (nSPS) is 27.7. The first-order valence-corrected chi connectivity index (χ1v) is 7.09. The number of hydrogen-bond acceptors (Lipinski definition) is 2. The summed E-state index contributed by atoms with van der Waals surface area (Å²) in [6.07, 6.45) is 4.90. The van der Waals surface area contributed by atoms with Crippen LogP contribution in [0.25, 0.3) is 0 Å². The first-order chi connectivity index (χ1) is 8.53. The van der Waals surface area contributed by atoms with Crippen LogP contribution in [0, 0.1) is 5.92 Å². The maximum Gasteiger partial charge on any atom is 0.120 e. The van der Waals surface area contributed by atoms with Crippen molar-refractivity contribution in [3.63, 3.8) is 0 Å². The van der Waals surface area contributed by atoms with Crippen LogP contribution in [0.3, 0.4) is 0 Å². The average molecular weight is 247 g/mol. The molecule has 0 spiro atoms. The molecule has 0 saturated heterocycles. The zero-order chi connectivity index (χ0) is 13.2. The summed E-state index contributed by atoms with van der Waals surface area (Å²) < 4.78 is 5.76. The van der Waals surface area contributed by atoms with Crippen molar-refractivity contribution in [3.05, 3.63) is 29.8 Å². The van der Waals surface area contributed by atoms with Crippen LogP contribution in [-0.2, 0) is 5.54 Å². The van der Waals surface area contributed by atoms with E-state index in [9.17, 15) is 0 Å². The standard InChI is InChI=1S/C16H25NO/c1-4-13-8-9-16(17,11-13)14-6-5-7-15(10-14)18-12(2)3/h5-7,10,12-13H,4,8-9,11,17H2,1-3H3. The lowest BCUT2D eigenvalue weighted by molar-refractivity contribution is 0.241. The van der Waals surface area contributed by atoms with Gasteiger partial charge in [-0.25, -0.2) is 0 Å². The Morgan fingerprint density at radius 3 is 2.83 bits per heavy atom. The van der Waals surface area contributed by atoms with Crippen LogP contribution < -0.4 is 10.5 Å². The van der Waals surface area contributed by atoms with Gasteiger partial charge in [-0.05, 0) is 56.7 Å². The molecule has 1 aromatic rings. The molecule has 0 aliphatic heterocycles. The van der Waals surface area contributed by atoms with Gasteiger partial charge in [0, 0.05) is 5.54 Å². The van der Waals surface area contributed by atoms with E-state index in [1.807, 2.05) is 19.9 Å². The summed E-state index contributed by atoms with van der Waals surface area (Å²) in [5, 5.41) is 0. The maximum atomic E-state index is 6.59. The summed E-state index contributed by atoms with van der Waals surface area (Å²) >= 11 is 0. The fraction of sp³-hybridized carbons (Fsp3) is 0.625. The minimum absolute atomic E-state index is 0.142. The van der Waals surface area contributed by atoms with Gasteiger partial charge in [-0.2, -0.15) is 0 Å². The molecule has 2 N–H and O–H groups in total. The van der Waals surface area contributed by atoms with Gasteiger partial charge in [0.2, 0.25) is 0 Å². The Morgan fingerprint density at radius 2 is 2.22 bits per heavy atom. The fourth-order valence-electron chi connectivity index (χ4n) is 2.94. The average Bonchev–Trinajstić information content (AvgIpc) is 2.72. The molecule has 2 unspecified atom stereocenters. The zero-order valence-corrected chi connectivity index (χ0v) is 11.8. The molecule has 1 aliphatic rings. The van der Waals surface area contributed by atoms with Crippen LogP contribution in [0.15, 0.2) is 24.3 Å². The van der Waals surface area contributed by atoms with Gasteiger partial charge in [-0.3, -0.25) is 0 Å². The smallest absolute Gasteiger partial charge is 0.120 e. The molecule has 0 amide bonds. The van der Waals surface area contributed by atoms with Crippen molar-refractivity contribution in [3.8, 4) is 5.75 Å². The molecule has 0 aromatic heterocycles. The van der Waals surface area contributed by atoms with Crippen molar-refractivity contribution in [2.24, 2.45) is 11.7 Å². The van der Waals surface area contributed by atoms with Crippen molar-refractivity contribution in [1.82, 2.24) is 0 Å². The third-order valence-corrected chi connectivity index (χ3v) is 4.01. The van der Waals surface area contributed by atoms with E-state index < -0.39 is 0 Å². The van der Waals surface area contributed by atoms with Crippen LogP contribution in [0.1, 0.15) is 52.0 Å². The Labute approximate surface area is 111 Å². The summed E-state index contributed by atoms with van der Waals surface area (Å²) in [5.41, 5.74) is 7.68. The molecule has 2 nitrogen and oxygen atoms in total. The van der Waals surface area contributed by atoms with E-state index in [0.717, 1.165) is 24.5 Å². The van der Waals surface area contributed by atoms with Crippen LogP contribution >= 0.6 is 0 Å². The Kier molecular flexibility index (Phi) is 3.96. The number of nitrogens with two attached hydrogens (primary N) is 1. The lowest BCUT2D eigenvalue weighted by atomic mass is 9.88. The van der Waals surface area contributed by atoms with Crippen molar-refractivity contribution in [1.29, 1.82) is 0 Å². The minimum atomic E-state index is -0.142. The van der Waals surface area contributed by atoms with Gasteiger partial charge in [0.15, 0.2) is 0 Å². The minimum Gasteiger partial charge on any atom is -0.491 e. The second-order valence-corrected chi connectivity index (χ2v) is 5.87. The molecular weight excluding hydrogens is 222 g/mol. The Balaban J connectivity index is 2.18. The first kappa shape index (κ1) is 13.4. The monoisotopic (exact) mass is 247 g/mol. The largest absolute Gasteiger partial charge is 0.491 e. The molecule has 2 heteroatoms. The SMILES string of the molecule is CCC1CCC(N)(c2cccc(OC(C)C)c2)C1. The number of ether oxygens (including phenoxy) is 1. The van der Waals surface area contributed by atoms with Gasteiger partial charge >= 0.3 is 0 Å². The third-order valence-electron chi connectivity index (χ3n) is 4.01. The molecule has 0 heterocycles. The molecule has 0 radical (unpaired) electrons.